The van der Waals surface area contributed by atoms with Crippen LogP contribution in [0, 0.1) is 6.92 Å². The summed E-state index contributed by atoms with van der Waals surface area (Å²) >= 11 is 9.10. The van der Waals surface area contributed by atoms with Crippen LogP contribution in [0.15, 0.2) is 27.0 Å². The average Bonchev–Trinajstić information content (AvgIpc) is 3.18. The summed E-state index contributed by atoms with van der Waals surface area (Å²) in [5.74, 6) is 1.83. The minimum atomic E-state index is 0.581. The minimum Gasteiger partial charge on any atom is -0.424 e. The van der Waals surface area contributed by atoms with Gasteiger partial charge in [-0.25, -0.2) is 0 Å². The molecule has 1 N–H and O–H groups in total. The molecule has 9 heteroatoms. The highest BCUT2D eigenvalue weighted by atomic mass is 35.5. The molecule has 23 heavy (non-hydrogen) atoms. The molecule has 0 amide bonds. The largest absolute Gasteiger partial charge is 0.424 e. The molecule has 0 aliphatic rings. The Balaban J connectivity index is 1.60. The molecule has 0 aliphatic carbocycles. The van der Waals surface area contributed by atoms with Gasteiger partial charge in [-0.05, 0) is 24.6 Å². The lowest BCUT2D eigenvalue weighted by Crippen LogP contribution is -1.89. The molecule has 0 saturated heterocycles. The molecule has 0 unspecified atom stereocenters. The van der Waals surface area contributed by atoms with Gasteiger partial charge in [0.2, 0.25) is 16.9 Å². The molecule has 120 valence electrons. The summed E-state index contributed by atoms with van der Waals surface area (Å²) in [5, 5.41) is 20.8. The van der Waals surface area contributed by atoms with Crippen molar-refractivity contribution >= 4 is 45.5 Å². The third-order valence-corrected chi connectivity index (χ3v) is 5.32. The van der Waals surface area contributed by atoms with Crippen LogP contribution in [0.2, 0.25) is 5.02 Å². The average molecular weight is 368 g/mol. The van der Waals surface area contributed by atoms with Gasteiger partial charge in [-0.1, -0.05) is 47.7 Å². The number of aromatic nitrogens is 4. The molecule has 3 rings (SSSR count). The van der Waals surface area contributed by atoms with Gasteiger partial charge in [0.05, 0.1) is 5.75 Å². The topological polar surface area (TPSA) is 76.7 Å². The predicted molar refractivity (Wildman–Crippen MR) is 92.6 cm³/mol. The fourth-order valence-electron chi connectivity index (χ4n) is 1.73. The summed E-state index contributed by atoms with van der Waals surface area (Å²) in [6.07, 6.45) is 0.740. The van der Waals surface area contributed by atoms with Crippen LogP contribution in [0.25, 0.3) is 0 Å². The van der Waals surface area contributed by atoms with Crippen molar-refractivity contribution < 1.29 is 4.42 Å². The zero-order valence-electron chi connectivity index (χ0n) is 12.5. The zero-order valence-corrected chi connectivity index (χ0v) is 14.9. The standard InChI is InChI=1S/C14H14ClN5OS2/c1-3-11-17-18-12(21-11)7-22-14-20-19-13(23-14)16-9-5-4-8(2)10(15)6-9/h4-6H,3,7H2,1-2H3,(H,16,19). The summed E-state index contributed by atoms with van der Waals surface area (Å²) in [6, 6.07) is 5.79. The van der Waals surface area contributed by atoms with Gasteiger partial charge < -0.3 is 9.73 Å². The number of benzene rings is 1. The van der Waals surface area contributed by atoms with Gasteiger partial charge >= 0.3 is 0 Å². The van der Waals surface area contributed by atoms with Crippen molar-refractivity contribution in [2.24, 2.45) is 0 Å². The highest BCUT2D eigenvalue weighted by Crippen LogP contribution is 2.30. The molecule has 0 bridgehead atoms. The maximum Gasteiger partial charge on any atom is 0.226 e. The summed E-state index contributed by atoms with van der Waals surface area (Å²) in [5.41, 5.74) is 1.93. The quantitative estimate of drug-likeness (QED) is 0.643. The maximum absolute atomic E-state index is 6.12. The van der Waals surface area contributed by atoms with Crippen LogP contribution in [-0.2, 0) is 12.2 Å². The Morgan fingerprint density at radius 3 is 2.78 bits per heavy atom. The molecule has 2 aromatic heterocycles. The molecule has 0 aliphatic heterocycles. The van der Waals surface area contributed by atoms with Gasteiger partial charge in [0, 0.05) is 17.1 Å². The van der Waals surface area contributed by atoms with Crippen LogP contribution >= 0.6 is 34.7 Å². The van der Waals surface area contributed by atoms with Crippen LogP contribution in [-0.4, -0.2) is 20.4 Å². The van der Waals surface area contributed by atoms with Crippen LogP contribution in [0.3, 0.4) is 0 Å². The van der Waals surface area contributed by atoms with Crippen molar-refractivity contribution in [3.63, 3.8) is 0 Å². The van der Waals surface area contributed by atoms with Gasteiger partial charge in [0.25, 0.3) is 0 Å². The fourth-order valence-corrected chi connectivity index (χ4v) is 3.52. The smallest absolute Gasteiger partial charge is 0.226 e. The van der Waals surface area contributed by atoms with E-state index in [2.05, 4.69) is 25.7 Å². The molecule has 0 fully saturated rings. The Morgan fingerprint density at radius 1 is 1.22 bits per heavy atom. The molecule has 2 heterocycles. The second-order valence-corrected chi connectivity index (χ2v) is 7.30. The van der Waals surface area contributed by atoms with E-state index in [1.54, 1.807) is 0 Å². The summed E-state index contributed by atoms with van der Waals surface area (Å²) in [7, 11) is 0. The van der Waals surface area contributed by atoms with E-state index >= 15 is 0 Å². The van der Waals surface area contributed by atoms with E-state index in [9.17, 15) is 0 Å². The molecule has 0 spiro atoms. The number of halogens is 1. The Hall–Kier alpha value is -1.64. The van der Waals surface area contributed by atoms with E-state index in [0.717, 1.165) is 27.0 Å². The van der Waals surface area contributed by atoms with Crippen molar-refractivity contribution in [1.29, 1.82) is 0 Å². The van der Waals surface area contributed by atoms with E-state index in [1.165, 1.54) is 23.1 Å². The molecule has 0 atom stereocenters. The van der Waals surface area contributed by atoms with Gasteiger partial charge in [0.1, 0.15) is 0 Å². The molecule has 0 saturated carbocycles. The highest BCUT2D eigenvalue weighted by Gasteiger charge is 2.09. The number of nitrogens with zero attached hydrogens (tertiary/aromatic N) is 4. The van der Waals surface area contributed by atoms with Crippen molar-refractivity contribution in [3.8, 4) is 0 Å². The Labute approximate surface area is 146 Å². The number of hydrogen-bond donors (Lipinski definition) is 1. The van der Waals surface area contributed by atoms with E-state index in [-0.39, 0.29) is 0 Å². The first-order valence-electron chi connectivity index (χ1n) is 6.94. The molecule has 1 aromatic carbocycles. The fraction of sp³-hybridized carbons (Fsp3) is 0.286. The summed E-state index contributed by atoms with van der Waals surface area (Å²) < 4.78 is 6.30. The highest BCUT2D eigenvalue weighted by molar-refractivity contribution is 8.00. The second kappa shape index (κ2) is 7.29. The minimum absolute atomic E-state index is 0.581. The maximum atomic E-state index is 6.12. The molecule has 0 radical (unpaired) electrons. The molecule has 6 nitrogen and oxygen atoms in total. The van der Waals surface area contributed by atoms with Crippen molar-refractivity contribution in [2.75, 3.05) is 5.32 Å². The molecule has 3 aromatic rings. The number of rotatable bonds is 6. The van der Waals surface area contributed by atoms with Gasteiger partial charge in [-0.3, -0.25) is 0 Å². The van der Waals surface area contributed by atoms with Crippen LogP contribution in [0.1, 0.15) is 24.3 Å². The van der Waals surface area contributed by atoms with Crippen molar-refractivity contribution in [3.05, 3.63) is 40.6 Å². The third-order valence-electron chi connectivity index (χ3n) is 2.96. The lowest BCUT2D eigenvalue weighted by Gasteiger charge is -2.03. The zero-order chi connectivity index (χ0) is 16.2. The van der Waals surface area contributed by atoms with Crippen molar-refractivity contribution in [1.82, 2.24) is 20.4 Å². The van der Waals surface area contributed by atoms with Crippen LogP contribution < -0.4 is 5.32 Å². The second-order valence-electron chi connectivity index (χ2n) is 4.69. The van der Waals surface area contributed by atoms with Crippen LogP contribution in [0.5, 0.6) is 0 Å². The monoisotopic (exact) mass is 367 g/mol. The number of anilines is 2. The Kier molecular flexibility index (Phi) is 5.14. The van der Waals surface area contributed by atoms with E-state index < -0.39 is 0 Å². The number of thioether (sulfide) groups is 1. The number of nitrogens with one attached hydrogen (secondary N) is 1. The summed E-state index contributed by atoms with van der Waals surface area (Å²) in [4.78, 5) is 0. The Bertz CT molecular complexity index is 804. The SMILES string of the molecule is CCc1nnc(CSc2nnc(Nc3ccc(C)c(Cl)c3)s2)o1. The first-order chi connectivity index (χ1) is 11.1. The lowest BCUT2D eigenvalue weighted by atomic mass is 10.2. The van der Waals surface area contributed by atoms with Crippen LogP contribution in [0.4, 0.5) is 10.8 Å². The normalized spacial score (nSPS) is 10.9. The number of hydrogen-bond acceptors (Lipinski definition) is 8. The number of aryl methyl sites for hydroxylation is 2. The molecular formula is C14H14ClN5OS2. The van der Waals surface area contributed by atoms with E-state index in [4.69, 9.17) is 16.0 Å². The van der Waals surface area contributed by atoms with Crippen molar-refractivity contribution in [2.45, 2.75) is 30.4 Å². The molecular weight excluding hydrogens is 354 g/mol. The van der Waals surface area contributed by atoms with Gasteiger partial charge in [-0.15, -0.1) is 20.4 Å². The summed E-state index contributed by atoms with van der Waals surface area (Å²) in [6.45, 7) is 3.94. The first kappa shape index (κ1) is 16.2. The van der Waals surface area contributed by atoms with E-state index in [0.29, 0.717) is 22.7 Å². The lowest BCUT2D eigenvalue weighted by molar-refractivity contribution is 0.470. The predicted octanol–water partition coefficient (Wildman–Crippen LogP) is 4.48. The first-order valence-corrected chi connectivity index (χ1v) is 9.13. The van der Waals surface area contributed by atoms with Gasteiger partial charge in [-0.2, -0.15) is 0 Å². The third kappa shape index (κ3) is 4.21. The van der Waals surface area contributed by atoms with Gasteiger partial charge in [0.15, 0.2) is 4.34 Å². The Morgan fingerprint density at radius 2 is 2.04 bits per heavy atom. The van der Waals surface area contributed by atoms with E-state index in [1.807, 2.05) is 32.0 Å².